The molecule has 2 amide bonds. The Morgan fingerprint density at radius 1 is 0.914 bits per heavy atom. The Morgan fingerprint density at radius 3 is 2.06 bits per heavy atom. The lowest BCUT2D eigenvalue weighted by molar-refractivity contribution is 0.0989. The number of hydrogen-bond acceptors (Lipinski definition) is 5. The largest absolute Gasteiger partial charge is 0.321 e. The SMILES string of the molecule is CCCc1cc(=O)n2c(C(=O)Nc3cccc(C)c3C)c(C(=O)Nc3cccc(C)c3C)sc2n1. The minimum Gasteiger partial charge on any atom is -0.321 e. The van der Waals surface area contributed by atoms with Crippen LogP contribution in [0.25, 0.3) is 4.96 Å². The second kappa shape index (κ2) is 9.84. The lowest BCUT2D eigenvalue weighted by Gasteiger charge is -2.12. The summed E-state index contributed by atoms with van der Waals surface area (Å²) in [6.45, 7) is 9.76. The van der Waals surface area contributed by atoms with Gasteiger partial charge in [0.05, 0.1) is 0 Å². The summed E-state index contributed by atoms with van der Waals surface area (Å²) in [5, 5.41) is 5.81. The van der Waals surface area contributed by atoms with E-state index in [0.717, 1.165) is 40.0 Å². The molecule has 35 heavy (non-hydrogen) atoms. The highest BCUT2D eigenvalue weighted by Crippen LogP contribution is 2.26. The Hall–Kier alpha value is -3.78. The van der Waals surface area contributed by atoms with Gasteiger partial charge in [-0.15, -0.1) is 0 Å². The van der Waals surface area contributed by atoms with E-state index in [0.29, 0.717) is 28.5 Å². The van der Waals surface area contributed by atoms with Crippen LogP contribution in [0.4, 0.5) is 11.4 Å². The zero-order valence-electron chi connectivity index (χ0n) is 20.5. The molecule has 7 nitrogen and oxygen atoms in total. The number of amides is 2. The summed E-state index contributed by atoms with van der Waals surface area (Å²) < 4.78 is 1.24. The Morgan fingerprint density at radius 2 is 1.49 bits per heavy atom. The quantitative estimate of drug-likeness (QED) is 0.378. The molecule has 2 aromatic carbocycles. The van der Waals surface area contributed by atoms with Crippen LogP contribution in [-0.2, 0) is 6.42 Å². The topological polar surface area (TPSA) is 92.6 Å². The minimum absolute atomic E-state index is 0.0192. The number of rotatable bonds is 6. The van der Waals surface area contributed by atoms with E-state index in [-0.39, 0.29) is 16.1 Å². The molecule has 0 unspecified atom stereocenters. The number of aromatic nitrogens is 2. The maximum atomic E-state index is 13.5. The van der Waals surface area contributed by atoms with Crippen molar-refractivity contribution in [1.29, 1.82) is 0 Å². The van der Waals surface area contributed by atoms with E-state index in [1.807, 2.05) is 65.0 Å². The fraction of sp³-hybridized carbons (Fsp3) is 0.259. The summed E-state index contributed by atoms with van der Waals surface area (Å²) in [7, 11) is 0. The van der Waals surface area contributed by atoms with E-state index >= 15 is 0 Å². The van der Waals surface area contributed by atoms with Crippen LogP contribution < -0.4 is 16.2 Å². The Balaban J connectivity index is 1.84. The van der Waals surface area contributed by atoms with Gasteiger partial charge in [-0.05, 0) is 68.5 Å². The summed E-state index contributed by atoms with van der Waals surface area (Å²) in [5.74, 6) is -1.00. The molecule has 0 radical (unpaired) electrons. The number of thiazole rings is 1. The number of carbonyl (C=O) groups is 2. The van der Waals surface area contributed by atoms with Gasteiger partial charge in [-0.2, -0.15) is 0 Å². The normalized spacial score (nSPS) is 11.0. The highest BCUT2D eigenvalue weighted by Gasteiger charge is 2.27. The van der Waals surface area contributed by atoms with Crippen molar-refractivity contribution in [3.63, 3.8) is 0 Å². The second-order valence-electron chi connectivity index (χ2n) is 8.64. The molecule has 2 aromatic heterocycles. The van der Waals surface area contributed by atoms with Crippen LogP contribution in [-0.4, -0.2) is 21.2 Å². The molecule has 0 aliphatic carbocycles. The molecular weight excluding hydrogens is 460 g/mol. The number of nitrogens with one attached hydrogen (secondary N) is 2. The molecule has 0 bridgehead atoms. The average molecular weight is 489 g/mol. The van der Waals surface area contributed by atoms with Crippen LogP contribution in [0.2, 0.25) is 0 Å². The van der Waals surface area contributed by atoms with Crippen molar-refractivity contribution < 1.29 is 9.59 Å². The van der Waals surface area contributed by atoms with Gasteiger partial charge in [0, 0.05) is 23.1 Å². The van der Waals surface area contributed by atoms with Crippen LogP contribution in [0.15, 0.2) is 47.3 Å². The summed E-state index contributed by atoms with van der Waals surface area (Å²) >= 11 is 1.04. The van der Waals surface area contributed by atoms with Crippen LogP contribution in [0.5, 0.6) is 0 Å². The maximum absolute atomic E-state index is 13.5. The van der Waals surface area contributed by atoms with Crippen LogP contribution >= 0.6 is 11.3 Å². The molecular formula is C27H28N4O3S. The molecule has 0 spiro atoms. The predicted octanol–water partition coefficient (Wildman–Crippen LogP) is 5.45. The number of fused-ring (bicyclic) bond motifs is 1. The Labute approximate surface area is 207 Å². The van der Waals surface area contributed by atoms with E-state index in [4.69, 9.17) is 0 Å². The third kappa shape index (κ3) is 4.74. The van der Waals surface area contributed by atoms with Crippen LogP contribution in [0, 0.1) is 27.7 Å². The van der Waals surface area contributed by atoms with Crippen molar-refractivity contribution in [2.45, 2.75) is 47.5 Å². The zero-order valence-corrected chi connectivity index (χ0v) is 21.3. The van der Waals surface area contributed by atoms with Crippen molar-refractivity contribution in [3.8, 4) is 0 Å². The smallest absolute Gasteiger partial charge is 0.274 e. The van der Waals surface area contributed by atoms with E-state index < -0.39 is 11.8 Å². The molecule has 180 valence electrons. The summed E-state index contributed by atoms with van der Waals surface area (Å²) in [6.07, 6.45) is 1.46. The first-order valence-corrected chi connectivity index (χ1v) is 12.3. The fourth-order valence-electron chi connectivity index (χ4n) is 3.90. The van der Waals surface area contributed by atoms with E-state index in [9.17, 15) is 14.4 Å². The lowest BCUT2D eigenvalue weighted by Crippen LogP contribution is -2.25. The van der Waals surface area contributed by atoms with Gasteiger partial charge in [-0.1, -0.05) is 48.9 Å². The highest BCUT2D eigenvalue weighted by atomic mass is 32.1. The van der Waals surface area contributed by atoms with Crippen molar-refractivity contribution in [1.82, 2.24) is 9.38 Å². The molecule has 4 aromatic rings. The van der Waals surface area contributed by atoms with Gasteiger partial charge in [0.15, 0.2) is 4.96 Å². The third-order valence-electron chi connectivity index (χ3n) is 6.21. The average Bonchev–Trinajstić information content (AvgIpc) is 3.20. The number of benzene rings is 2. The van der Waals surface area contributed by atoms with Gasteiger partial charge in [0.2, 0.25) is 0 Å². The number of anilines is 2. The minimum atomic E-state index is -0.539. The van der Waals surface area contributed by atoms with E-state index in [1.54, 1.807) is 6.07 Å². The molecule has 0 aliphatic rings. The molecule has 0 atom stereocenters. The Bertz CT molecular complexity index is 1520. The van der Waals surface area contributed by atoms with Crippen LogP contribution in [0.3, 0.4) is 0 Å². The van der Waals surface area contributed by atoms with Crippen molar-refractivity contribution in [2.75, 3.05) is 10.6 Å². The summed E-state index contributed by atoms with van der Waals surface area (Å²) in [5.41, 5.74) is 5.42. The third-order valence-corrected chi connectivity index (χ3v) is 7.25. The number of hydrogen-bond donors (Lipinski definition) is 2. The molecule has 0 saturated heterocycles. The molecule has 2 N–H and O–H groups in total. The molecule has 0 aliphatic heterocycles. The summed E-state index contributed by atoms with van der Waals surface area (Å²) in [4.78, 5) is 45.1. The van der Waals surface area contributed by atoms with Gasteiger partial charge in [-0.3, -0.25) is 14.4 Å². The second-order valence-corrected chi connectivity index (χ2v) is 9.61. The molecule has 0 saturated carbocycles. The van der Waals surface area contributed by atoms with E-state index in [2.05, 4.69) is 15.6 Å². The molecule has 0 fully saturated rings. The van der Waals surface area contributed by atoms with Gasteiger partial charge >= 0.3 is 0 Å². The standard InChI is InChI=1S/C27H28N4O3S/c1-6-9-19-14-22(32)31-23(25(33)29-20-12-7-10-15(2)17(20)4)24(35-27(31)28-19)26(34)30-21-13-8-11-16(3)18(21)5/h7-8,10-14H,6,9H2,1-5H3,(H,29,33)(H,30,34). The first-order valence-electron chi connectivity index (χ1n) is 11.5. The highest BCUT2D eigenvalue weighted by molar-refractivity contribution is 7.19. The van der Waals surface area contributed by atoms with Gasteiger partial charge in [-0.25, -0.2) is 9.38 Å². The predicted molar refractivity (Wildman–Crippen MR) is 141 cm³/mol. The van der Waals surface area contributed by atoms with Crippen molar-refractivity contribution in [3.05, 3.63) is 91.3 Å². The first kappa shape index (κ1) is 24.3. The molecule has 8 heteroatoms. The number of aryl methyl sites for hydroxylation is 3. The maximum Gasteiger partial charge on any atom is 0.274 e. The van der Waals surface area contributed by atoms with Crippen molar-refractivity contribution in [2.24, 2.45) is 0 Å². The monoisotopic (exact) mass is 488 g/mol. The molecule has 4 rings (SSSR count). The van der Waals surface area contributed by atoms with Gasteiger partial charge in [0.25, 0.3) is 17.4 Å². The van der Waals surface area contributed by atoms with Gasteiger partial charge in [0.1, 0.15) is 10.6 Å². The zero-order chi connectivity index (χ0) is 25.3. The molecule has 2 heterocycles. The number of nitrogens with zero attached hydrogens (tertiary/aromatic N) is 2. The van der Waals surface area contributed by atoms with E-state index in [1.165, 1.54) is 10.5 Å². The fourth-order valence-corrected chi connectivity index (χ4v) is 4.94. The van der Waals surface area contributed by atoms with Gasteiger partial charge < -0.3 is 10.6 Å². The van der Waals surface area contributed by atoms with Crippen molar-refractivity contribution >= 4 is 39.5 Å². The summed E-state index contributed by atoms with van der Waals surface area (Å²) in [6, 6.07) is 12.7. The first-order chi connectivity index (χ1) is 16.7. The Kier molecular flexibility index (Phi) is 6.84. The lowest BCUT2D eigenvalue weighted by atomic mass is 10.1. The van der Waals surface area contributed by atoms with Crippen LogP contribution in [0.1, 0.15) is 61.5 Å². The number of carbonyl (C=O) groups excluding carboxylic acids is 2.